The summed E-state index contributed by atoms with van der Waals surface area (Å²) in [5.41, 5.74) is -10.3. The van der Waals surface area contributed by atoms with E-state index in [-0.39, 0.29) is 6.07 Å². The Morgan fingerprint density at radius 3 is 1.84 bits per heavy atom. The van der Waals surface area contributed by atoms with Gasteiger partial charge in [-0.2, -0.15) is 26.3 Å². The highest BCUT2D eigenvalue weighted by molar-refractivity contribution is 6.09. The molecule has 0 bridgehead atoms. The Balaban J connectivity index is 2.63. The molecule has 2 nitrogen and oxygen atoms in total. The molecule has 0 saturated heterocycles. The zero-order valence-corrected chi connectivity index (χ0v) is 11.4. The van der Waals surface area contributed by atoms with Gasteiger partial charge in [-0.3, -0.25) is 4.79 Å². The molecule has 0 radical (unpaired) electrons. The molecule has 0 fully saturated rings. The van der Waals surface area contributed by atoms with Crippen LogP contribution in [0, 0.1) is 17.5 Å². The van der Waals surface area contributed by atoms with Gasteiger partial charge in [0.05, 0.1) is 0 Å². The van der Waals surface area contributed by atoms with E-state index in [9.17, 15) is 53.8 Å². The third-order valence-corrected chi connectivity index (χ3v) is 3.53. The van der Waals surface area contributed by atoms with Crippen molar-refractivity contribution in [3.63, 3.8) is 0 Å². The second-order valence-corrected chi connectivity index (χ2v) is 5.00. The first-order valence-electron chi connectivity index (χ1n) is 6.10. The smallest absolute Gasteiger partial charge is 0.439 e. The van der Waals surface area contributed by atoms with Gasteiger partial charge in [-0.25, -0.2) is 17.6 Å². The van der Waals surface area contributed by atoms with E-state index in [0.29, 0.717) is 0 Å². The van der Waals surface area contributed by atoms with E-state index in [2.05, 4.69) is 0 Å². The highest BCUT2D eigenvalue weighted by atomic mass is 19.4. The average molecular weight is 382 g/mol. The number of aliphatic hydroxyl groups is 1. The van der Waals surface area contributed by atoms with Crippen LogP contribution in [0.3, 0.4) is 0 Å². The zero-order chi connectivity index (χ0) is 19.5. The first kappa shape index (κ1) is 19.1. The molecule has 0 spiro atoms. The normalized spacial score (nSPS) is 15.6. The lowest BCUT2D eigenvalue weighted by atomic mass is 9.91. The van der Waals surface area contributed by atoms with Gasteiger partial charge in [-0.15, -0.1) is 0 Å². The van der Waals surface area contributed by atoms with Crippen molar-refractivity contribution in [3.8, 4) is 0 Å². The van der Waals surface area contributed by atoms with E-state index in [4.69, 9.17) is 0 Å². The second kappa shape index (κ2) is 5.36. The number of carbonyl (C=O) groups is 1. The lowest BCUT2D eigenvalue weighted by Gasteiger charge is -2.28. The number of rotatable bonds is 2. The topological polar surface area (TPSA) is 37.3 Å². The van der Waals surface area contributed by atoms with Crippen molar-refractivity contribution in [1.82, 2.24) is 0 Å². The van der Waals surface area contributed by atoms with E-state index in [1.807, 2.05) is 0 Å². The summed E-state index contributed by atoms with van der Waals surface area (Å²) in [6, 6.07) is 0.0600. The van der Waals surface area contributed by atoms with Gasteiger partial charge in [0.1, 0.15) is 5.76 Å². The number of allylic oxidation sites excluding steroid dienone is 1. The maximum absolute atomic E-state index is 13.7. The minimum absolute atomic E-state index is 0.0600. The maximum atomic E-state index is 13.7. The summed E-state index contributed by atoms with van der Waals surface area (Å²) in [7, 11) is 0. The minimum Gasteiger partial charge on any atom is -0.507 e. The number of aliphatic hydroxyl groups excluding tert-OH is 1. The van der Waals surface area contributed by atoms with Crippen LogP contribution in [-0.2, 0) is 11.2 Å². The minimum atomic E-state index is -6.75. The van der Waals surface area contributed by atoms with Crippen molar-refractivity contribution in [2.24, 2.45) is 0 Å². The Morgan fingerprint density at radius 1 is 0.920 bits per heavy atom. The van der Waals surface area contributed by atoms with Crippen molar-refractivity contribution < 1.29 is 53.8 Å². The van der Waals surface area contributed by atoms with Gasteiger partial charge in [-0.05, 0) is 6.07 Å². The monoisotopic (exact) mass is 382 g/mol. The summed E-state index contributed by atoms with van der Waals surface area (Å²) in [5.74, 6) is -11.0. The van der Waals surface area contributed by atoms with Crippen molar-refractivity contribution >= 4 is 11.5 Å². The number of fused-ring (bicyclic) bond motifs is 1. The zero-order valence-electron chi connectivity index (χ0n) is 11.4. The lowest BCUT2D eigenvalue weighted by molar-refractivity contribution is -0.324. The number of ketones is 1. The quantitative estimate of drug-likeness (QED) is 0.611. The Bertz CT molecular complexity index is 773. The average Bonchev–Trinajstić information content (AvgIpc) is 2.78. The molecular weight excluding hydrogens is 378 g/mol. The predicted octanol–water partition coefficient (Wildman–Crippen LogP) is 4.33. The van der Waals surface area contributed by atoms with E-state index >= 15 is 0 Å². The highest BCUT2D eigenvalue weighted by Crippen LogP contribution is 2.50. The van der Waals surface area contributed by atoms with Gasteiger partial charge in [0.2, 0.25) is 5.78 Å². The maximum Gasteiger partial charge on any atom is 0.439 e. The Kier molecular flexibility index (Phi) is 4.09. The molecule has 0 atom stereocenters. The number of benzene rings is 1. The molecular formula is C13H4F10O2. The molecule has 1 N–H and O–H groups in total. The van der Waals surface area contributed by atoms with E-state index in [1.165, 1.54) is 0 Å². The summed E-state index contributed by atoms with van der Waals surface area (Å²) < 4.78 is 129. The van der Waals surface area contributed by atoms with Gasteiger partial charge in [0.25, 0.3) is 0 Å². The molecule has 0 aromatic heterocycles. The fraction of sp³-hybridized carbons (Fsp3) is 0.308. The first-order valence-corrected chi connectivity index (χ1v) is 6.10. The van der Waals surface area contributed by atoms with Crippen LogP contribution >= 0.6 is 0 Å². The molecule has 25 heavy (non-hydrogen) atoms. The van der Waals surface area contributed by atoms with Gasteiger partial charge in [-0.1, -0.05) is 0 Å². The van der Waals surface area contributed by atoms with Crippen LogP contribution < -0.4 is 0 Å². The number of alkyl halides is 7. The summed E-state index contributed by atoms with van der Waals surface area (Å²) in [6.07, 6.45) is -15.0. The van der Waals surface area contributed by atoms with E-state index < -0.39 is 70.1 Å². The van der Waals surface area contributed by atoms with Gasteiger partial charge in [0, 0.05) is 23.1 Å². The molecule has 1 aliphatic rings. The summed E-state index contributed by atoms with van der Waals surface area (Å²) in [6.45, 7) is 0. The molecule has 1 aromatic rings. The van der Waals surface area contributed by atoms with Crippen molar-refractivity contribution in [2.75, 3.05) is 0 Å². The van der Waals surface area contributed by atoms with Crippen LogP contribution in [0.2, 0.25) is 0 Å². The molecule has 0 amide bonds. The largest absolute Gasteiger partial charge is 0.507 e. The van der Waals surface area contributed by atoms with Crippen LogP contribution in [-0.4, -0.2) is 28.9 Å². The Labute approximate surface area is 131 Å². The van der Waals surface area contributed by atoms with Gasteiger partial charge < -0.3 is 5.11 Å². The molecule has 0 unspecified atom stereocenters. The molecule has 0 heterocycles. The predicted molar refractivity (Wildman–Crippen MR) is 60.5 cm³/mol. The molecule has 12 heteroatoms. The molecule has 2 rings (SSSR count). The van der Waals surface area contributed by atoms with Crippen LogP contribution in [0.4, 0.5) is 43.9 Å². The van der Waals surface area contributed by atoms with Crippen molar-refractivity contribution in [1.29, 1.82) is 0 Å². The SMILES string of the molecule is O=C(C1=C(O)c2cc(F)c(F)c(F)c2C1)C(F)(C(F)(F)F)C(F)(F)F. The van der Waals surface area contributed by atoms with E-state index in [0.717, 1.165) is 0 Å². The van der Waals surface area contributed by atoms with Gasteiger partial charge >= 0.3 is 18.0 Å². The number of hydrogen-bond acceptors (Lipinski definition) is 2. The number of halogens is 10. The van der Waals surface area contributed by atoms with Crippen LogP contribution in [0.25, 0.3) is 5.76 Å². The molecule has 138 valence electrons. The standard InChI is InChI=1S/C13H4F10O2/c14-6-2-4-3(7(15)8(6)16)1-5(9(4)24)10(25)11(17,12(18,19)20)13(21,22)23/h2,24H,1H2. The van der Waals surface area contributed by atoms with E-state index in [1.54, 1.807) is 0 Å². The molecule has 0 saturated carbocycles. The van der Waals surface area contributed by atoms with Crippen molar-refractivity contribution in [3.05, 3.63) is 40.2 Å². The van der Waals surface area contributed by atoms with Crippen LogP contribution in [0.1, 0.15) is 11.1 Å². The molecule has 1 aliphatic carbocycles. The summed E-state index contributed by atoms with van der Waals surface area (Å²) in [5, 5.41) is 9.55. The fourth-order valence-electron chi connectivity index (χ4n) is 2.25. The van der Waals surface area contributed by atoms with Crippen LogP contribution in [0.5, 0.6) is 0 Å². The Hall–Kier alpha value is -2.27. The summed E-state index contributed by atoms with van der Waals surface area (Å²) >= 11 is 0. The number of carbonyl (C=O) groups excluding carboxylic acids is 1. The first-order chi connectivity index (χ1) is 11.1. The van der Waals surface area contributed by atoms with Crippen molar-refractivity contribution in [2.45, 2.75) is 24.4 Å². The third kappa shape index (κ3) is 2.54. The Morgan fingerprint density at radius 2 is 1.40 bits per heavy atom. The lowest BCUT2D eigenvalue weighted by Crippen LogP contribution is -2.59. The second-order valence-electron chi connectivity index (χ2n) is 5.00. The van der Waals surface area contributed by atoms with Gasteiger partial charge in [0.15, 0.2) is 17.5 Å². The summed E-state index contributed by atoms with van der Waals surface area (Å²) in [4.78, 5) is 11.6. The number of hydrogen-bond donors (Lipinski definition) is 1. The fourth-order valence-corrected chi connectivity index (χ4v) is 2.25. The third-order valence-electron chi connectivity index (χ3n) is 3.53. The molecule has 1 aromatic carbocycles. The van der Waals surface area contributed by atoms with Crippen LogP contribution in [0.15, 0.2) is 11.6 Å². The number of Topliss-reactive ketones (excluding diaryl/α,β-unsaturated/α-hetero) is 1. The highest BCUT2D eigenvalue weighted by Gasteiger charge is 2.77. The molecule has 0 aliphatic heterocycles.